The van der Waals surface area contributed by atoms with Crippen LogP contribution >= 0.6 is 0 Å². The Morgan fingerprint density at radius 3 is 2.18 bits per heavy atom. The smallest absolute Gasteiger partial charge is 0.261 e. The van der Waals surface area contributed by atoms with Crippen molar-refractivity contribution >= 4 is 17.5 Å². The number of anilines is 1. The quantitative estimate of drug-likeness (QED) is 0.752. The van der Waals surface area contributed by atoms with E-state index in [1.54, 1.807) is 6.92 Å². The zero-order valence-corrected chi connectivity index (χ0v) is 17.6. The van der Waals surface area contributed by atoms with Gasteiger partial charge in [0.2, 0.25) is 5.91 Å². The molecule has 0 aliphatic heterocycles. The van der Waals surface area contributed by atoms with Gasteiger partial charge in [-0.05, 0) is 68.0 Å². The van der Waals surface area contributed by atoms with Gasteiger partial charge in [0.1, 0.15) is 5.75 Å². The molecular formula is C23H30N2O3. The lowest BCUT2D eigenvalue weighted by molar-refractivity contribution is -0.129. The van der Waals surface area contributed by atoms with E-state index >= 15 is 0 Å². The van der Waals surface area contributed by atoms with Crippen LogP contribution in [0.2, 0.25) is 0 Å². The number of rotatable bonds is 7. The molecule has 0 aliphatic carbocycles. The van der Waals surface area contributed by atoms with Crippen LogP contribution in [0.1, 0.15) is 48.9 Å². The Kier molecular flexibility index (Phi) is 7.21. The van der Waals surface area contributed by atoms with Gasteiger partial charge in [-0.2, -0.15) is 0 Å². The molecule has 0 aliphatic rings. The molecule has 0 saturated heterocycles. The van der Waals surface area contributed by atoms with Crippen LogP contribution in [0.25, 0.3) is 0 Å². The minimum absolute atomic E-state index is 0.106. The first-order valence-electron chi connectivity index (χ1n) is 9.60. The predicted molar refractivity (Wildman–Crippen MR) is 113 cm³/mol. The van der Waals surface area contributed by atoms with Gasteiger partial charge in [-0.3, -0.25) is 9.59 Å². The first-order valence-corrected chi connectivity index (χ1v) is 9.60. The number of aryl methyl sites for hydroxylation is 3. The number of carbonyl (C=O) groups is 2. The number of amides is 2. The standard InChI is InChI=1S/C23H30N2O3/c1-14(2)20-11-10-19(12-17(20)5)28-18(6)23(27)24-13-21(26)25-22-15(3)8-7-9-16(22)4/h7-12,14,18H,13H2,1-6H3,(H,24,27)(H,25,26). The van der Waals surface area contributed by atoms with E-state index in [0.717, 1.165) is 22.4 Å². The Balaban J connectivity index is 1.88. The molecular weight excluding hydrogens is 352 g/mol. The molecule has 5 heteroatoms. The predicted octanol–water partition coefficient (Wildman–Crippen LogP) is 4.26. The van der Waals surface area contributed by atoms with E-state index in [2.05, 4.69) is 24.5 Å². The topological polar surface area (TPSA) is 67.4 Å². The van der Waals surface area contributed by atoms with Crippen molar-refractivity contribution in [3.05, 3.63) is 58.7 Å². The number of nitrogens with one attached hydrogen (secondary N) is 2. The minimum atomic E-state index is -0.697. The van der Waals surface area contributed by atoms with Crippen molar-refractivity contribution < 1.29 is 14.3 Å². The van der Waals surface area contributed by atoms with Crippen LogP contribution in [0.15, 0.2) is 36.4 Å². The maximum Gasteiger partial charge on any atom is 0.261 e. The Labute approximate surface area is 167 Å². The van der Waals surface area contributed by atoms with Crippen LogP contribution in [0.5, 0.6) is 5.75 Å². The maximum atomic E-state index is 12.3. The van der Waals surface area contributed by atoms with Crippen LogP contribution in [-0.4, -0.2) is 24.5 Å². The third kappa shape index (κ3) is 5.59. The van der Waals surface area contributed by atoms with Gasteiger partial charge in [0.25, 0.3) is 5.91 Å². The fraction of sp³-hybridized carbons (Fsp3) is 0.391. The molecule has 0 spiro atoms. The van der Waals surface area contributed by atoms with E-state index in [1.807, 2.05) is 57.2 Å². The average Bonchev–Trinajstić information content (AvgIpc) is 2.62. The average molecular weight is 383 g/mol. The lowest BCUT2D eigenvalue weighted by Crippen LogP contribution is -2.40. The normalized spacial score (nSPS) is 11.8. The summed E-state index contributed by atoms with van der Waals surface area (Å²) < 4.78 is 5.74. The molecule has 2 N–H and O–H groups in total. The third-order valence-corrected chi connectivity index (χ3v) is 4.71. The first-order chi connectivity index (χ1) is 13.2. The molecule has 0 aromatic heterocycles. The van der Waals surface area contributed by atoms with E-state index in [0.29, 0.717) is 11.7 Å². The van der Waals surface area contributed by atoms with Gasteiger partial charge in [0.15, 0.2) is 6.10 Å². The molecule has 1 atom stereocenters. The van der Waals surface area contributed by atoms with Crippen molar-refractivity contribution in [2.75, 3.05) is 11.9 Å². The molecule has 0 heterocycles. The molecule has 2 amide bonds. The van der Waals surface area contributed by atoms with Crippen LogP contribution in [0.3, 0.4) is 0 Å². The van der Waals surface area contributed by atoms with Gasteiger partial charge in [0, 0.05) is 5.69 Å². The highest BCUT2D eigenvalue weighted by atomic mass is 16.5. The van der Waals surface area contributed by atoms with E-state index in [9.17, 15) is 9.59 Å². The Bertz CT molecular complexity index is 839. The van der Waals surface area contributed by atoms with Crippen LogP contribution in [-0.2, 0) is 9.59 Å². The molecule has 150 valence electrons. The first kappa shape index (κ1) is 21.5. The van der Waals surface area contributed by atoms with E-state index < -0.39 is 6.10 Å². The monoisotopic (exact) mass is 382 g/mol. The summed E-state index contributed by atoms with van der Waals surface area (Å²) in [6, 6.07) is 11.6. The summed E-state index contributed by atoms with van der Waals surface area (Å²) in [6.45, 7) is 11.7. The Morgan fingerprint density at radius 1 is 0.964 bits per heavy atom. The minimum Gasteiger partial charge on any atom is -0.481 e. The van der Waals surface area contributed by atoms with Gasteiger partial charge < -0.3 is 15.4 Å². The number of ether oxygens (including phenoxy) is 1. The van der Waals surface area contributed by atoms with Gasteiger partial charge in [-0.15, -0.1) is 0 Å². The summed E-state index contributed by atoms with van der Waals surface area (Å²) in [5, 5.41) is 5.48. The summed E-state index contributed by atoms with van der Waals surface area (Å²) in [7, 11) is 0. The second-order valence-electron chi connectivity index (χ2n) is 7.47. The van der Waals surface area contributed by atoms with Gasteiger partial charge in [-0.25, -0.2) is 0 Å². The highest BCUT2D eigenvalue weighted by Gasteiger charge is 2.17. The zero-order chi connectivity index (χ0) is 20.8. The van der Waals surface area contributed by atoms with Gasteiger partial charge >= 0.3 is 0 Å². The number of hydrogen-bond donors (Lipinski definition) is 2. The molecule has 0 fully saturated rings. The highest BCUT2D eigenvalue weighted by molar-refractivity contribution is 5.96. The van der Waals surface area contributed by atoms with Gasteiger partial charge in [-0.1, -0.05) is 38.1 Å². The summed E-state index contributed by atoms with van der Waals surface area (Å²) in [6.07, 6.45) is -0.697. The van der Waals surface area contributed by atoms with E-state index in [1.165, 1.54) is 5.56 Å². The molecule has 2 rings (SSSR count). The van der Waals surface area contributed by atoms with Crippen LogP contribution in [0.4, 0.5) is 5.69 Å². The summed E-state index contributed by atoms with van der Waals surface area (Å²) >= 11 is 0. The molecule has 5 nitrogen and oxygen atoms in total. The maximum absolute atomic E-state index is 12.3. The van der Waals surface area contributed by atoms with Crippen molar-refractivity contribution in [2.24, 2.45) is 0 Å². The van der Waals surface area contributed by atoms with E-state index in [4.69, 9.17) is 4.74 Å². The second kappa shape index (κ2) is 9.40. The fourth-order valence-corrected chi connectivity index (χ4v) is 3.13. The zero-order valence-electron chi connectivity index (χ0n) is 17.6. The summed E-state index contributed by atoms with van der Waals surface area (Å²) in [5.74, 6) is 0.479. The van der Waals surface area contributed by atoms with Crippen molar-refractivity contribution in [3.8, 4) is 5.75 Å². The SMILES string of the molecule is Cc1cc(OC(C)C(=O)NCC(=O)Nc2c(C)cccc2C)ccc1C(C)C. The lowest BCUT2D eigenvalue weighted by atomic mass is 9.98. The number of hydrogen-bond acceptors (Lipinski definition) is 3. The number of para-hydroxylation sites is 1. The fourth-order valence-electron chi connectivity index (χ4n) is 3.13. The van der Waals surface area contributed by atoms with Crippen molar-refractivity contribution in [1.82, 2.24) is 5.32 Å². The van der Waals surface area contributed by atoms with Crippen LogP contribution < -0.4 is 15.4 Å². The summed E-state index contributed by atoms with van der Waals surface area (Å²) in [4.78, 5) is 24.5. The molecule has 2 aromatic carbocycles. The van der Waals surface area contributed by atoms with E-state index in [-0.39, 0.29) is 18.4 Å². The Hall–Kier alpha value is -2.82. The summed E-state index contributed by atoms with van der Waals surface area (Å²) in [5.41, 5.74) is 5.14. The largest absolute Gasteiger partial charge is 0.481 e. The molecule has 1 unspecified atom stereocenters. The third-order valence-electron chi connectivity index (χ3n) is 4.71. The number of carbonyl (C=O) groups excluding carboxylic acids is 2. The van der Waals surface area contributed by atoms with Crippen molar-refractivity contribution in [3.63, 3.8) is 0 Å². The molecule has 28 heavy (non-hydrogen) atoms. The molecule has 0 saturated carbocycles. The van der Waals surface area contributed by atoms with Gasteiger partial charge in [0.05, 0.1) is 6.54 Å². The van der Waals surface area contributed by atoms with Crippen LogP contribution in [0, 0.1) is 20.8 Å². The Morgan fingerprint density at radius 2 is 1.61 bits per heavy atom. The highest BCUT2D eigenvalue weighted by Crippen LogP contribution is 2.24. The second-order valence-corrected chi connectivity index (χ2v) is 7.47. The van der Waals surface area contributed by atoms with Crippen molar-refractivity contribution in [2.45, 2.75) is 53.6 Å². The molecule has 0 bridgehead atoms. The molecule has 0 radical (unpaired) electrons. The molecule has 2 aromatic rings. The lowest BCUT2D eigenvalue weighted by Gasteiger charge is -2.17. The van der Waals surface area contributed by atoms with Crippen molar-refractivity contribution in [1.29, 1.82) is 0 Å². The number of benzene rings is 2.